The Labute approximate surface area is 110 Å². The number of ether oxygens (including phenoxy) is 2. The van der Waals surface area contributed by atoms with Crippen LogP contribution >= 0.6 is 15.9 Å². The Morgan fingerprint density at radius 2 is 2.12 bits per heavy atom. The standard InChI is InChI=1S/C13H17BrO3/c1-9(16-2)6-12(15)8-10-7-11(14)4-5-13(10)17-3/h4-5,7,9H,6,8H2,1-3H3. The van der Waals surface area contributed by atoms with Crippen LogP contribution in [0.3, 0.4) is 0 Å². The molecule has 0 aliphatic rings. The molecule has 0 fully saturated rings. The van der Waals surface area contributed by atoms with Gasteiger partial charge in [0.05, 0.1) is 13.2 Å². The quantitative estimate of drug-likeness (QED) is 0.810. The second kappa shape index (κ2) is 6.77. The fourth-order valence-electron chi connectivity index (χ4n) is 1.57. The molecule has 0 aliphatic heterocycles. The average Bonchev–Trinajstić information content (AvgIpc) is 2.29. The molecule has 17 heavy (non-hydrogen) atoms. The molecule has 1 unspecified atom stereocenters. The summed E-state index contributed by atoms with van der Waals surface area (Å²) in [5, 5.41) is 0. The average molecular weight is 301 g/mol. The van der Waals surface area contributed by atoms with Crippen molar-refractivity contribution in [2.75, 3.05) is 14.2 Å². The molecular formula is C13H17BrO3. The van der Waals surface area contributed by atoms with Crippen molar-refractivity contribution in [1.82, 2.24) is 0 Å². The van der Waals surface area contributed by atoms with E-state index in [1.165, 1.54) is 0 Å². The number of carbonyl (C=O) groups is 1. The van der Waals surface area contributed by atoms with Crippen molar-refractivity contribution in [2.45, 2.75) is 25.9 Å². The lowest BCUT2D eigenvalue weighted by atomic mass is 10.0. The van der Waals surface area contributed by atoms with E-state index < -0.39 is 0 Å². The van der Waals surface area contributed by atoms with Crippen LogP contribution in [-0.4, -0.2) is 26.1 Å². The maximum atomic E-state index is 11.8. The van der Waals surface area contributed by atoms with E-state index in [1.807, 2.05) is 25.1 Å². The third kappa shape index (κ3) is 4.48. The first-order valence-electron chi connectivity index (χ1n) is 5.43. The Hall–Kier alpha value is -0.870. The number of carbonyl (C=O) groups excluding carboxylic acids is 1. The number of methoxy groups -OCH3 is 2. The van der Waals surface area contributed by atoms with Gasteiger partial charge in [-0.25, -0.2) is 0 Å². The molecule has 0 amide bonds. The normalized spacial score (nSPS) is 12.2. The summed E-state index contributed by atoms with van der Waals surface area (Å²) in [6.07, 6.45) is 0.753. The summed E-state index contributed by atoms with van der Waals surface area (Å²) in [5.41, 5.74) is 0.898. The Morgan fingerprint density at radius 3 is 2.71 bits per heavy atom. The Balaban J connectivity index is 2.73. The molecule has 94 valence electrons. The summed E-state index contributed by atoms with van der Waals surface area (Å²) in [4.78, 5) is 11.8. The van der Waals surface area contributed by atoms with Crippen molar-refractivity contribution in [1.29, 1.82) is 0 Å². The van der Waals surface area contributed by atoms with Crippen LogP contribution < -0.4 is 4.74 Å². The highest BCUT2D eigenvalue weighted by Crippen LogP contribution is 2.24. The van der Waals surface area contributed by atoms with Crippen LogP contribution in [0, 0.1) is 0 Å². The number of hydrogen-bond donors (Lipinski definition) is 0. The van der Waals surface area contributed by atoms with Crippen molar-refractivity contribution in [3.8, 4) is 5.75 Å². The van der Waals surface area contributed by atoms with E-state index in [4.69, 9.17) is 9.47 Å². The van der Waals surface area contributed by atoms with Gasteiger partial charge in [-0.2, -0.15) is 0 Å². The molecule has 0 aliphatic carbocycles. The van der Waals surface area contributed by atoms with Gasteiger partial charge in [-0.1, -0.05) is 15.9 Å². The number of rotatable bonds is 6. The minimum atomic E-state index is -0.0411. The molecule has 3 nitrogen and oxygen atoms in total. The molecule has 0 aromatic heterocycles. The molecule has 0 heterocycles. The zero-order valence-corrected chi connectivity index (χ0v) is 11.9. The summed E-state index contributed by atoms with van der Waals surface area (Å²) in [6.45, 7) is 1.88. The van der Waals surface area contributed by atoms with Crippen molar-refractivity contribution >= 4 is 21.7 Å². The molecule has 0 N–H and O–H groups in total. The molecule has 0 saturated carbocycles. The van der Waals surface area contributed by atoms with Crippen molar-refractivity contribution in [2.24, 2.45) is 0 Å². The van der Waals surface area contributed by atoms with Crippen LogP contribution in [0.1, 0.15) is 18.9 Å². The first kappa shape index (κ1) is 14.2. The van der Waals surface area contributed by atoms with Crippen LogP contribution in [0.25, 0.3) is 0 Å². The van der Waals surface area contributed by atoms with Crippen LogP contribution in [0.5, 0.6) is 5.75 Å². The Bertz CT molecular complexity index is 390. The molecule has 1 aromatic carbocycles. The van der Waals surface area contributed by atoms with Gasteiger partial charge in [0.15, 0.2) is 0 Å². The molecular weight excluding hydrogens is 284 g/mol. The molecule has 0 saturated heterocycles. The van der Waals surface area contributed by atoms with Crippen molar-refractivity contribution < 1.29 is 14.3 Å². The second-order valence-corrected chi connectivity index (χ2v) is 4.84. The lowest BCUT2D eigenvalue weighted by Crippen LogP contribution is -2.14. The van der Waals surface area contributed by atoms with Crippen molar-refractivity contribution in [3.05, 3.63) is 28.2 Å². The predicted octanol–water partition coefficient (Wildman–Crippen LogP) is 2.99. The van der Waals surface area contributed by atoms with Crippen LogP contribution in [0.15, 0.2) is 22.7 Å². The molecule has 0 spiro atoms. The molecule has 0 radical (unpaired) electrons. The van der Waals surface area contributed by atoms with Crippen LogP contribution in [0.4, 0.5) is 0 Å². The molecule has 4 heteroatoms. The minimum absolute atomic E-state index is 0.0411. The van der Waals surface area contributed by atoms with Gasteiger partial charge >= 0.3 is 0 Å². The summed E-state index contributed by atoms with van der Waals surface area (Å²) >= 11 is 3.39. The topological polar surface area (TPSA) is 35.5 Å². The van der Waals surface area contributed by atoms with Gasteiger partial charge in [-0.05, 0) is 25.1 Å². The zero-order valence-electron chi connectivity index (χ0n) is 10.3. The van der Waals surface area contributed by atoms with Gasteiger partial charge < -0.3 is 9.47 Å². The largest absolute Gasteiger partial charge is 0.496 e. The SMILES string of the molecule is COc1ccc(Br)cc1CC(=O)CC(C)OC. The summed E-state index contributed by atoms with van der Waals surface area (Å²) in [6, 6.07) is 5.66. The van der Waals surface area contributed by atoms with Crippen LogP contribution in [0.2, 0.25) is 0 Å². The highest BCUT2D eigenvalue weighted by atomic mass is 79.9. The minimum Gasteiger partial charge on any atom is -0.496 e. The van der Waals surface area contributed by atoms with E-state index in [0.29, 0.717) is 12.8 Å². The maximum Gasteiger partial charge on any atom is 0.139 e. The zero-order chi connectivity index (χ0) is 12.8. The second-order valence-electron chi connectivity index (χ2n) is 3.92. The van der Waals surface area contributed by atoms with Gasteiger partial charge in [-0.3, -0.25) is 4.79 Å². The monoisotopic (exact) mass is 300 g/mol. The maximum absolute atomic E-state index is 11.8. The van der Waals surface area contributed by atoms with Gasteiger partial charge in [0, 0.05) is 30.0 Å². The lowest BCUT2D eigenvalue weighted by Gasteiger charge is -2.11. The number of Topliss-reactive ketones (excluding diaryl/α,β-unsaturated/α-hetero) is 1. The van der Waals surface area contributed by atoms with E-state index in [2.05, 4.69) is 15.9 Å². The van der Waals surface area contributed by atoms with E-state index >= 15 is 0 Å². The first-order valence-corrected chi connectivity index (χ1v) is 6.23. The molecule has 1 atom stereocenters. The number of hydrogen-bond acceptors (Lipinski definition) is 3. The highest BCUT2D eigenvalue weighted by Gasteiger charge is 2.12. The van der Waals surface area contributed by atoms with Gasteiger partial charge in [0.2, 0.25) is 0 Å². The third-order valence-electron chi connectivity index (χ3n) is 2.55. The predicted molar refractivity (Wildman–Crippen MR) is 70.5 cm³/mol. The fourth-order valence-corrected chi connectivity index (χ4v) is 1.98. The molecule has 1 rings (SSSR count). The van der Waals surface area contributed by atoms with Crippen LogP contribution in [-0.2, 0) is 16.0 Å². The summed E-state index contributed by atoms with van der Waals surface area (Å²) in [7, 11) is 3.21. The molecule has 1 aromatic rings. The number of halogens is 1. The van der Waals surface area contributed by atoms with Gasteiger partial charge in [0.25, 0.3) is 0 Å². The fraction of sp³-hybridized carbons (Fsp3) is 0.462. The summed E-state index contributed by atoms with van der Waals surface area (Å²) < 4.78 is 11.3. The van der Waals surface area contributed by atoms with Gasteiger partial charge in [0.1, 0.15) is 11.5 Å². The van der Waals surface area contributed by atoms with E-state index in [-0.39, 0.29) is 11.9 Å². The van der Waals surface area contributed by atoms with E-state index in [9.17, 15) is 4.79 Å². The Morgan fingerprint density at radius 1 is 1.41 bits per heavy atom. The van der Waals surface area contributed by atoms with E-state index in [1.54, 1.807) is 14.2 Å². The highest BCUT2D eigenvalue weighted by molar-refractivity contribution is 9.10. The first-order chi connectivity index (χ1) is 8.06. The lowest BCUT2D eigenvalue weighted by molar-refractivity contribution is -0.120. The number of ketones is 1. The number of benzene rings is 1. The third-order valence-corrected chi connectivity index (χ3v) is 3.04. The smallest absolute Gasteiger partial charge is 0.139 e. The Kier molecular flexibility index (Phi) is 5.65. The molecule has 0 bridgehead atoms. The van der Waals surface area contributed by atoms with E-state index in [0.717, 1.165) is 15.8 Å². The van der Waals surface area contributed by atoms with Crippen molar-refractivity contribution in [3.63, 3.8) is 0 Å². The summed E-state index contributed by atoms with van der Waals surface area (Å²) in [5.74, 6) is 0.891. The van der Waals surface area contributed by atoms with Gasteiger partial charge in [-0.15, -0.1) is 0 Å².